The first-order valence-electron chi connectivity index (χ1n) is 6.55. The van der Waals surface area contributed by atoms with Crippen LogP contribution in [0.5, 0.6) is 0 Å². The Hall–Kier alpha value is -1.26. The predicted octanol–water partition coefficient (Wildman–Crippen LogP) is 5.83. The second kappa shape index (κ2) is 5.02. The van der Waals surface area contributed by atoms with Gasteiger partial charge in [0.15, 0.2) is 0 Å². The minimum atomic E-state index is 0.500. The van der Waals surface area contributed by atoms with E-state index in [1.165, 1.54) is 32.2 Å². The van der Waals surface area contributed by atoms with Gasteiger partial charge in [-0.15, -0.1) is 11.3 Å². The first-order chi connectivity index (χ1) is 9.20. The molecule has 0 amide bonds. The molecule has 1 aromatic heterocycles. The van der Waals surface area contributed by atoms with Crippen molar-refractivity contribution in [3.8, 4) is 10.4 Å². The molecule has 1 aromatic carbocycles. The van der Waals surface area contributed by atoms with Crippen molar-refractivity contribution in [1.29, 1.82) is 0 Å². The quantitative estimate of drug-likeness (QED) is 0.579. The molecular weight excluding hydrogens is 272 g/mol. The Bertz CT molecular complexity index is 675. The van der Waals surface area contributed by atoms with Gasteiger partial charge in [0.05, 0.1) is 16.2 Å². The van der Waals surface area contributed by atoms with Crippen molar-refractivity contribution in [3.63, 3.8) is 0 Å². The molecule has 2 aromatic rings. The number of nitrogens with zero attached hydrogens (tertiary/aromatic N) is 2. The number of fused-ring (bicyclic) bond motifs is 1. The summed E-state index contributed by atoms with van der Waals surface area (Å²) in [4.78, 5) is 2.61. The SMILES string of the molecule is CCc1ccc(-c2sc(C(C)C)c3c2N=S=N3)cc1. The largest absolute Gasteiger partial charge is 0.172 e. The van der Waals surface area contributed by atoms with E-state index in [1.807, 2.05) is 11.3 Å². The van der Waals surface area contributed by atoms with Crippen molar-refractivity contribution in [1.82, 2.24) is 0 Å². The lowest BCUT2D eigenvalue weighted by Crippen LogP contribution is -1.80. The van der Waals surface area contributed by atoms with Crippen LogP contribution in [0, 0.1) is 0 Å². The van der Waals surface area contributed by atoms with Gasteiger partial charge in [0, 0.05) is 4.88 Å². The van der Waals surface area contributed by atoms with Gasteiger partial charge in [-0.2, -0.15) is 8.73 Å². The second-order valence-electron chi connectivity index (χ2n) is 4.96. The minimum Gasteiger partial charge on any atom is -0.172 e. The molecule has 1 aliphatic rings. The van der Waals surface area contributed by atoms with Crippen LogP contribution in [0.25, 0.3) is 10.4 Å². The fourth-order valence-corrected chi connectivity index (χ4v) is 4.05. The van der Waals surface area contributed by atoms with E-state index in [0.29, 0.717) is 5.92 Å². The van der Waals surface area contributed by atoms with Crippen molar-refractivity contribution in [3.05, 3.63) is 34.7 Å². The van der Waals surface area contributed by atoms with Crippen LogP contribution in [0.4, 0.5) is 11.4 Å². The van der Waals surface area contributed by atoms with Crippen LogP contribution >= 0.6 is 11.3 Å². The van der Waals surface area contributed by atoms with Crippen molar-refractivity contribution in [2.45, 2.75) is 33.1 Å². The maximum Gasteiger partial charge on any atom is 0.123 e. The summed E-state index contributed by atoms with van der Waals surface area (Å²) in [6.45, 7) is 6.61. The summed E-state index contributed by atoms with van der Waals surface area (Å²) in [7, 11) is 0. The molecule has 19 heavy (non-hydrogen) atoms. The standard InChI is InChI=1S/C15H16N2S2/c1-4-10-5-7-11(8-6-10)15-13-12(16-19-17-13)14(18-15)9(2)3/h5-9H,4H2,1-3H3. The van der Waals surface area contributed by atoms with Crippen molar-refractivity contribution < 1.29 is 0 Å². The highest BCUT2D eigenvalue weighted by atomic mass is 32.1. The summed E-state index contributed by atoms with van der Waals surface area (Å²) in [5.41, 5.74) is 4.80. The number of rotatable bonds is 3. The van der Waals surface area contributed by atoms with Crippen LogP contribution in [0.1, 0.15) is 37.1 Å². The Morgan fingerprint density at radius 3 is 2.37 bits per heavy atom. The molecular formula is C15H16N2S2. The Balaban J connectivity index is 2.10. The molecule has 3 rings (SSSR count). The van der Waals surface area contributed by atoms with E-state index in [1.54, 1.807) is 0 Å². The summed E-state index contributed by atoms with van der Waals surface area (Å²) in [6.07, 6.45) is 1.08. The Morgan fingerprint density at radius 2 is 1.74 bits per heavy atom. The van der Waals surface area contributed by atoms with Crippen molar-refractivity contribution in [2.24, 2.45) is 8.73 Å². The molecule has 0 N–H and O–H groups in total. The van der Waals surface area contributed by atoms with Gasteiger partial charge < -0.3 is 0 Å². The molecule has 0 saturated heterocycles. The van der Waals surface area contributed by atoms with Crippen LogP contribution in [0.15, 0.2) is 33.0 Å². The molecule has 0 bridgehead atoms. The zero-order chi connectivity index (χ0) is 13.4. The fourth-order valence-electron chi connectivity index (χ4n) is 2.18. The third-order valence-electron chi connectivity index (χ3n) is 3.30. The van der Waals surface area contributed by atoms with Gasteiger partial charge in [-0.05, 0) is 23.5 Å². The normalized spacial score (nSPS) is 12.8. The fraction of sp³-hybridized carbons (Fsp3) is 0.333. The van der Waals surface area contributed by atoms with E-state index in [4.69, 9.17) is 0 Å². The molecule has 0 spiro atoms. The molecule has 0 fully saturated rings. The molecule has 0 atom stereocenters. The second-order valence-corrected chi connectivity index (χ2v) is 6.54. The first kappa shape index (κ1) is 12.8. The summed E-state index contributed by atoms with van der Waals surface area (Å²) in [6, 6.07) is 8.81. The zero-order valence-electron chi connectivity index (χ0n) is 11.3. The Morgan fingerprint density at radius 1 is 1.05 bits per heavy atom. The highest BCUT2D eigenvalue weighted by molar-refractivity contribution is 7.58. The van der Waals surface area contributed by atoms with E-state index in [-0.39, 0.29) is 0 Å². The lowest BCUT2D eigenvalue weighted by atomic mass is 10.1. The summed E-state index contributed by atoms with van der Waals surface area (Å²) < 4.78 is 8.94. The van der Waals surface area contributed by atoms with Crippen LogP contribution in [-0.2, 0) is 17.8 Å². The molecule has 0 unspecified atom stereocenters. The molecule has 4 heteroatoms. The van der Waals surface area contributed by atoms with Gasteiger partial charge in [0.2, 0.25) is 0 Å². The number of benzene rings is 1. The van der Waals surface area contributed by atoms with Crippen molar-refractivity contribution >= 4 is 34.1 Å². The van der Waals surface area contributed by atoms with E-state index in [2.05, 4.69) is 53.8 Å². The molecule has 2 heterocycles. The average Bonchev–Trinajstić information content (AvgIpc) is 3.00. The molecule has 0 aliphatic carbocycles. The maximum absolute atomic E-state index is 4.48. The van der Waals surface area contributed by atoms with Crippen molar-refractivity contribution in [2.75, 3.05) is 0 Å². The third kappa shape index (κ3) is 2.19. The smallest absolute Gasteiger partial charge is 0.123 e. The monoisotopic (exact) mass is 288 g/mol. The third-order valence-corrected chi connectivity index (χ3v) is 5.34. The molecule has 2 nitrogen and oxygen atoms in total. The van der Waals surface area contributed by atoms with Crippen LogP contribution in [0.2, 0.25) is 0 Å². The number of hydrogen-bond acceptors (Lipinski definition) is 3. The molecule has 0 radical (unpaired) electrons. The van der Waals surface area contributed by atoms with Crippen LogP contribution in [0.3, 0.4) is 0 Å². The van der Waals surface area contributed by atoms with Gasteiger partial charge >= 0.3 is 0 Å². The average molecular weight is 288 g/mol. The highest BCUT2D eigenvalue weighted by Crippen LogP contribution is 2.51. The van der Waals surface area contributed by atoms with E-state index in [9.17, 15) is 0 Å². The molecule has 0 saturated carbocycles. The van der Waals surface area contributed by atoms with E-state index >= 15 is 0 Å². The molecule has 1 aliphatic heterocycles. The number of hydrogen-bond donors (Lipinski definition) is 0. The van der Waals surface area contributed by atoms with E-state index < -0.39 is 0 Å². The minimum absolute atomic E-state index is 0.500. The lowest BCUT2D eigenvalue weighted by molar-refractivity contribution is 0.890. The first-order valence-corrected chi connectivity index (χ1v) is 8.09. The topological polar surface area (TPSA) is 24.7 Å². The van der Waals surface area contributed by atoms with Gasteiger partial charge in [-0.25, -0.2) is 0 Å². The number of aryl methyl sites for hydroxylation is 1. The predicted molar refractivity (Wildman–Crippen MR) is 84.8 cm³/mol. The maximum atomic E-state index is 4.48. The summed E-state index contributed by atoms with van der Waals surface area (Å²) >= 11 is 3.15. The van der Waals surface area contributed by atoms with E-state index in [0.717, 1.165) is 17.8 Å². The summed E-state index contributed by atoms with van der Waals surface area (Å²) in [5, 5.41) is 0. The number of thiophene rings is 1. The molecule has 98 valence electrons. The zero-order valence-corrected chi connectivity index (χ0v) is 12.9. The summed E-state index contributed by atoms with van der Waals surface area (Å²) in [5.74, 6) is 0.500. The van der Waals surface area contributed by atoms with Gasteiger partial charge in [0.1, 0.15) is 11.4 Å². The Kier molecular flexibility index (Phi) is 3.37. The van der Waals surface area contributed by atoms with Crippen LogP contribution in [-0.4, -0.2) is 0 Å². The van der Waals surface area contributed by atoms with Gasteiger partial charge in [-0.3, -0.25) is 0 Å². The Labute approximate surface area is 121 Å². The van der Waals surface area contributed by atoms with Gasteiger partial charge in [-0.1, -0.05) is 45.0 Å². The van der Waals surface area contributed by atoms with Gasteiger partial charge in [0.25, 0.3) is 0 Å². The highest BCUT2D eigenvalue weighted by Gasteiger charge is 2.22. The lowest BCUT2D eigenvalue weighted by Gasteiger charge is -2.01. The van der Waals surface area contributed by atoms with Crippen LogP contribution < -0.4 is 0 Å².